The van der Waals surface area contributed by atoms with Crippen molar-refractivity contribution in [3.8, 4) is 11.4 Å². The number of carbonyl (C=O) groups is 1. The van der Waals surface area contributed by atoms with Crippen molar-refractivity contribution in [1.82, 2.24) is 14.5 Å². The van der Waals surface area contributed by atoms with E-state index in [9.17, 15) is 4.79 Å². The van der Waals surface area contributed by atoms with E-state index in [1.165, 1.54) is 11.1 Å². The highest BCUT2D eigenvalue weighted by atomic mass is 16.2. The number of amides is 1. The van der Waals surface area contributed by atoms with Crippen molar-refractivity contribution >= 4 is 5.91 Å². The molecule has 2 aromatic carbocycles. The van der Waals surface area contributed by atoms with Gasteiger partial charge in [0.25, 0.3) is 5.91 Å². The molecule has 0 N–H and O–H groups in total. The summed E-state index contributed by atoms with van der Waals surface area (Å²) in [6, 6.07) is 16.4. The van der Waals surface area contributed by atoms with Gasteiger partial charge in [-0.2, -0.15) is 0 Å². The zero-order valence-electron chi connectivity index (χ0n) is 15.2. The van der Waals surface area contributed by atoms with E-state index in [1.807, 2.05) is 54.0 Å². The molecule has 26 heavy (non-hydrogen) atoms. The van der Waals surface area contributed by atoms with E-state index in [0.29, 0.717) is 5.56 Å². The van der Waals surface area contributed by atoms with Crippen LogP contribution in [0.15, 0.2) is 60.9 Å². The Hall–Kier alpha value is -2.88. The van der Waals surface area contributed by atoms with Crippen LogP contribution in [0.5, 0.6) is 0 Å². The number of benzene rings is 2. The van der Waals surface area contributed by atoms with E-state index in [1.54, 1.807) is 6.20 Å². The summed E-state index contributed by atoms with van der Waals surface area (Å²) in [5.41, 5.74) is 4.39. The van der Waals surface area contributed by atoms with E-state index in [4.69, 9.17) is 0 Å². The van der Waals surface area contributed by atoms with Gasteiger partial charge in [-0.1, -0.05) is 36.4 Å². The number of fused-ring (bicyclic) bond motifs is 1. The lowest BCUT2D eigenvalue weighted by atomic mass is 9.87. The van der Waals surface area contributed by atoms with Crippen molar-refractivity contribution in [1.29, 1.82) is 0 Å². The van der Waals surface area contributed by atoms with E-state index in [-0.39, 0.29) is 11.9 Å². The van der Waals surface area contributed by atoms with E-state index in [2.05, 4.69) is 29.2 Å². The minimum absolute atomic E-state index is 0.0677. The molecule has 0 aliphatic heterocycles. The Labute approximate surface area is 154 Å². The lowest BCUT2D eigenvalue weighted by Crippen LogP contribution is -2.33. The van der Waals surface area contributed by atoms with Crippen molar-refractivity contribution < 1.29 is 4.79 Å². The fraction of sp³-hybridized carbons (Fsp3) is 0.273. The third-order valence-corrected chi connectivity index (χ3v) is 5.34. The first-order valence-corrected chi connectivity index (χ1v) is 9.08. The summed E-state index contributed by atoms with van der Waals surface area (Å²) in [7, 11) is 3.89. The Morgan fingerprint density at radius 2 is 1.92 bits per heavy atom. The number of rotatable bonds is 3. The van der Waals surface area contributed by atoms with Crippen LogP contribution in [0.4, 0.5) is 0 Å². The first kappa shape index (κ1) is 16.6. The Balaban J connectivity index is 1.57. The smallest absolute Gasteiger partial charge is 0.254 e. The van der Waals surface area contributed by atoms with Crippen LogP contribution in [-0.4, -0.2) is 27.4 Å². The zero-order chi connectivity index (χ0) is 18.1. The van der Waals surface area contributed by atoms with Crippen LogP contribution in [0, 0.1) is 0 Å². The number of nitrogens with zero attached hydrogens (tertiary/aromatic N) is 3. The molecule has 0 unspecified atom stereocenters. The molecule has 0 radical (unpaired) electrons. The van der Waals surface area contributed by atoms with Crippen LogP contribution in [0.3, 0.4) is 0 Å². The monoisotopic (exact) mass is 345 g/mol. The van der Waals surface area contributed by atoms with Gasteiger partial charge in [0.1, 0.15) is 5.82 Å². The maximum absolute atomic E-state index is 13.0. The SMILES string of the molecule is CN(C(=O)c1ccc(-c2nccn2C)cc1)[C@H]1CCCc2ccccc21. The normalized spacial score (nSPS) is 16.2. The van der Waals surface area contributed by atoms with Crippen molar-refractivity contribution in [3.63, 3.8) is 0 Å². The molecule has 132 valence electrons. The summed E-state index contributed by atoms with van der Waals surface area (Å²) in [5, 5.41) is 0. The summed E-state index contributed by atoms with van der Waals surface area (Å²) in [6.45, 7) is 0. The number of carbonyl (C=O) groups excluding carboxylic acids is 1. The number of hydrogen-bond donors (Lipinski definition) is 0. The van der Waals surface area contributed by atoms with Gasteiger partial charge in [0.2, 0.25) is 0 Å². The molecule has 1 aromatic heterocycles. The Morgan fingerprint density at radius 3 is 2.65 bits per heavy atom. The maximum atomic E-state index is 13.0. The largest absolute Gasteiger partial charge is 0.335 e. The molecule has 0 bridgehead atoms. The van der Waals surface area contributed by atoms with E-state index < -0.39 is 0 Å². The van der Waals surface area contributed by atoms with Gasteiger partial charge >= 0.3 is 0 Å². The van der Waals surface area contributed by atoms with Crippen LogP contribution in [0.1, 0.15) is 40.4 Å². The molecule has 4 heteroatoms. The average Bonchev–Trinajstić information content (AvgIpc) is 3.12. The van der Waals surface area contributed by atoms with Crippen molar-refractivity contribution in [2.24, 2.45) is 7.05 Å². The molecule has 4 nitrogen and oxygen atoms in total. The molecular formula is C22H23N3O. The third kappa shape index (κ3) is 2.92. The molecule has 1 atom stereocenters. The molecule has 0 spiro atoms. The van der Waals surface area contributed by atoms with Crippen LogP contribution < -0.4 is 0 Å². The third-order valence-electron chi connectivity index (χ3n) is 5.34. The second kappa shape index (κ2) is 6.79. The fourth-order valence-corrected chi connectivity index (χ4v) is 3.88. The van der Waals surface area contributed by atoms with Gasteiger partial charge < -0.3 is 9.47 Å². The minimum Gasteiger partial charge on any atom is -0.335 e. The molecule has 1 aliphatic rings. The van der Waals surface area contributed by atoms with Crippen molar-refractivity contribution in [3.05, 3.63) is 77.6 Å². The second-order valence-electron chi connectivity index (χ2n) is 6.96. The van der Waals surface area contributed by atoms with Crippen LogP contribution in [0.25, 0.3) is 11.4 Å². The Bertz CT molecular complexity index is 927. The average molecular weight is 345 g/mol. The molecule has 1 heterocycles. The summed E-state index contributed by atoms with van der Waals surface area (Å²) in [5.74, 6) is 0.969. The van der Waals surface area contributed by atoms with Crippen LogP contribution in [0.2, 0.25) is 0 Å². The highest BCUT2D eigenvalue weighted by molar-refractivity contribution is 5.94. The fourth-order valence-electron chi connectivity index (χ4n) is 3.88. The Morgan fingerprint density at radius 1 is 1.15 bits per heavy atom. The first-order valence-electron chi connectivity index (χ1n) is 9.08. The molecule has 0 fully saturated rings. The lowest BCUT2D eigenvalue weighted by molar-refractivity contribution is 0.0715. The maximum Gasteiger partial charge on any atom is 0.254 e. The Kier molecular flexibility index (Phi) is 4.33. The quantitative estimate of drug-likeness (QED) is 0.712. The second-order valence-corrected chi connectivity index (χ2v) is 6.96. The summed E-state index contributed by atoms with van der Waals surface area (Å²) in [6.07, 6.45) is 6.94. The minimum atomic E-state index is 0.0677. The van der Waals surface area contributed by atoms with Gasteiger partial charge in [0.05, 0.1) is 6.04 Å². The lowest BCUT2D eigenvalue weighted by Gasteiger charge is -2.33. The molecule has 3 aromatic rings. The molecule has 0 saturated carbocycles. The highest BCUT2D eigenvalue weighted by Crippen LogP contribution is 2.34. The molecule has 1 aliphatic carbocycles. The van der Waals surface area contributed by atoms with Crippen molar-refractivity contribution in [2.45, 2.75) is 25.3 Å². The number of hydrogen-bond acceptors (Lipinski definition) is 2. The standard InChI is InChI=1S/C22H23N3O/c1-24-15-14-23-21(24)17-10-12-18(13-11-17)22(26)25(2)20-9-5-7-16-6-3-4-8-19(16)20/h3-4,6,8,10-15,20H,5,7,9H2,1-2H3/t20-/m0/s1. The van der Waals surface area contributed by atoms with Gasteiger partial charge in [0.15, 0.2) is 0 Å². The van der Waals surface area contributed by atoms with Crippen LogP contribution >= 0.6 is 0 Å². The molecule has 4 rings (SSSR count). The van der Waals surface area contributed by atoms with E-state index >= 15 is 0 Å². The highest BCUT2D eigenvalue weighted by Gasteiger charge is 2.27. The number of aryl methyl sites for hydroxylation is 2. The predicted octanol–water partition coefficient (Wildman–Crippen LogP) is 4.24. The zero-order valence-corrected chi connectivity index (χ0v) is 15.2. The topological polar surface area (TPSA) is 38.1 Å². The van der Waals surface area contributed by atoms with Gasteiger partial charge in [-0.15, -0.1) is 0 Å². The summed E-state index contributed by atoms with van der Waals surface area (Å²) < 4.78 is 1.97. The van der Waals surface area contributed by atoms with Gasteiger partial charge in [0, 0.05) is 37.6 Å². The van der Waals surface area contributed by atoms with Gasteiger partial charge in [-0.25, -0.2) is 4.98 Å². The number of imidazole rings is 1. The first-order chi connectivity index (χ1) is 12.6. The summed E-state index contributed by atoms with van der Waals surface area (Å²) >= 11 is 0. The van der Waals surface area contributed by atoms with Gasteiger partial charge in [-0.3, -0.25) is 4.79 Å². The van der Waals surface area contributed by atoms with E-state index in [0.717, 1.165) is 30.7 Å². The molecule has 0 saturated heterocycles. The predicted molar refractivity (Wildman–Crippen MR) is 103 cm³/mol. The van der Waals surface area contributed by atoms with Crippen molar-refractivity contribution in [2.75, 3.05) is 7.05 Å². The molecule has 1 amide bonds. The van der Waals surface area contributed by atoms with Crippen LogP contribution in [-0.2, 0) is 13.5 Å². The molecular weight excluding hydrogens is 322 g/mol. The number of aromatic nitrogens is 2. The van der Waals surface area contributed by atoms with Gasteiger partial charge in [-0.05, 0) is 42.5 Å². The summed E-state index contributed by atoms with van der Waals surface area (Å²) in [4.78, 5) is 19.3.